The number of nitrogens with zero attached hydrogens (tertiary/aromatic N) is 3. The van der Waals surface area contributed by atoms with Gasteiger partial charge in [-0.25, -0.2) is 4.98 Å². The zero-order valence-corrected chi connectivity index (χ0v) is 40.5. The molecule has 0 aliphatic heterocycles. The first-order chi connectivity index (χ1) is 30.5. The number of hydrogen-bond donors (Lipinski definition) is 0. The van der Waals surface area contributed by atoms with Crippen molar-refractivity contribution in [2.75, 3.05) is 7.11 Å². The van der Waals surface area contributed by atoms with E-state index >= 15 is 0 Å². The molecule has 0 atom stereocenters. The minimum atomic E-state index is -0.659. The zero-order valence-electron chi connectivity index (χ0n) is 41.5. The molecule has 0 unspecified atom stereocenters. The van der Waals surface area contributed by atoms with Crippen molar-refractivity contribution < 1.29 is 6.11 Å². The summed E-state index contributed by atoms with van der Waals surface area (Å²) in [6.45, 7) is 28.6. The highest BCUT2D eigenvalue weighted by atomic mass is 16.5. The van der Waals surface area contributed by atoms with E-state index in [4.69, 9.17) is 16.1 Å². The van der Waals surface area contributed by atoms with Gasteiger partial charge in [-0.3, -0.25) is 9.55 Å². The monoisotopic (exact) mass is 845 g/mol. The molecule has 0 radical (unpaired) electrons. The van der Waals surface area contributed by atoms with Crippen molar-refractivity contribution in [1.29, 1.82) is 0 Å². The SMILES string of the molecule is [2H]C(C)(C)c1ccc(-c2ccnc(-c3cc(-c4cccc5c4nc(-c4cc(C)cc(C)c4OC)n5-c4cc(C(C)(C)C)ccc4-c4ccc(C(C)(C)C)cc4)cc(C(C)(C)C)c3)c2)cc1. The average Bonchev–Trinajstić information content (AvgIpc) is 3.64. The van der Waals surface area contributed by atoms with Gasteiger partial charge in [-0.1, -0.05) is 161 Å². The van der Waals surface area contributed by atoms with Crippen LogP contribution >= 0.6 is 0 Å². The maximum Gasteiger partial charge on any atom is 0.149 e. The van der Waals surface area contributed by atoms with Crippen LogP contribution < -0.4 is 4.74 Å². The van der Waals surface area contributed by atoms with Gasteiger partial charge in [0.25, 0.3) is 0 Å². The molecule has 0 aliphatic carbocycles. The van der Waals surface area contributed by atoms with E-state index in [1.165, 1.54) is 16.7 Å². The lowest BCUT2D eigenvalue weighted by atomic mass is 9.83. The molecule has 2 heterocycles. The maximum atomic E-state index is 8.52. The van der Waals surface area contributed by atoms with Crippen LogP contribution in [0.5, 0.6) is 5.75 Å². The second kappa shape index (κ2) is 16.7. The van der Waals surface area contributed by atoms with Crippen LogP contribution in [-0.4, -0.2) is 21.6 Å². The molecule has 8 rings (SSSR count). The molecule has 64 heavy (non-hydrogen) atoms. The van der Waals surface area contributed by atoms with E-state index in [1.807, 2.05) is 20.0 Å². The summed E-state index contributed by atoms with van der Waals surface area (Å²) in [7, 11) is 1.76. The van der Waals surface area contributed by atoms with Crippen molar-refractivity contribution in [3.8, 4) is 67.5 Å². The minimum Gasteiger partial charge on any atom is -0.496 e. The van der Waals surface area contributed by atoms with Crippen LogP contribution in [0.1, 0.15) is 117 Å². The lowest BCUT2D eigenvalue weighted by molar-refractivity contribution is 0.413. The third-order valence-electron chi connectivity index (χ3n) is 12.7. The first-order valence-electron chi connectivity index (χ1n) is 23.2. The number of imidazole rings is 1. The van der Waals surface area contributed by atoms with Crippen molar-refractivity contribution in [2.24, 2.45) is 0 Å². The van der Waals surface area contributed by atoms with Gasteiger partial charge in [0, 0.05) is 24.3 Å². The smallest absolute Gasteiger partial charge is 0.149 e. The molecule has 0 saturated heterocycles. The fourth-order valence-corrected chi connectivity index (χ4v) is 8.85. The number of pyridine rings is 1. The van der Waals surface area contributed by atoms with E-state index in [0.29, 0.717) is 0 Å². The van der Waals surface area contributed by atoms with Crippen LogP contribution in [0.2, 0.25) is 0 Å². The predicted octanol–water partition coefficient (Wildman–Crippen LogP) is 16.4. The van der Waals surface area contributed by atoms with E-state index in [0.717, 1.165) is 95.2 Å². The topological polar surface area (TPSA) is 39.9 Å². The van der Waals surface area contributed by atoms with Crippen molar-refractivity contribution in [2.45, 2.75) is 112 Å². The first kappa shape index (κ1) is 43.0. The molecule has 2 aromatic heterocycles. The van der Waals surface area contributed by atoms with Crippen LogP contribution in [-0.2, 0) is 16.2 Å². The standard InChI is InChI=1S/C60H65N3O/c1-37(2)40-18-20-41(21-19-40)43-28-29-61-52(35-43)45-32-44(33-48(34-45)60(11,12)13)50-16-15-17-53-55(50)62-57(51-31-38(3)30-39(4)56(51)64-14)63(53)54-36-47(59(8,9)10)26-27-49(54)42-22-24-46(25-23-42)58(5,6)7/h15-37H,1-14H3/i37D. The Bertz CT molecular complexity index is 3050. The highest BCUT2D eigenvalue weighted by Crippen LogP contribution is 2.44. The van der Waals surface area contributed by atoms with E-state index in [-0.39, 0.29) is 16.2 Å². The third kappa shape index (κ3) is 8.68. The van der Waals surface area contributed by atoms with Crippen molar-refractivity contribution in [1.82, 2.24) is 14.5 Å². The Kier molecular flexibility index (Phi) is 11.2. The van der Waals surface area contributed by atoms with Crippen LogP contribution in [0.3, 0.4) is 0 Å². The normalized spacial score (nSPS) is 12.8. The molecule has 0 amide bonds. The summed E-state index contributed by atoms with van der Waals surface area (Å²) in [5, 5.41) is 0. The first-order valence-corrected chi connectivity index (χ1v) is 22.7. The van der Waals surface area contributed by atoms with Gasteiger partial charge in [-0.15, -0.1) is 0 Å². The fourth-order valence-electron chi connectivity index (χ4n) is 8.85. The lowest BCUT2D eigenvalue weighted by Gasteiger charge is -2.24. The molecule has 0 bridgehead atoms. The van der Waals surface area contributed by atoms with Crippen molar-refractivity contribution in [3.05, 3.63) is 167 Å². The number of aryl methyl sites for hydroxylation is 2. The molecule has 0 aliphatic rings. The predicted molar refractivity (Wildman–Crippen MR) is 272 cm³/mol. The molecular weight excluding hydrogens is 779 g/mol. The Labute approximate surface area is 383 Å². The Morgan fingerprint density at radius 1 is 0.562 bits per heavy atom. The summed E-state index contributed by atoms with van der Waals surface area (Å²) < 4.78 is 17.1. The Balaban J connectivity index is 1.40. The van der Waals surface area contributed by atoms with Crippen molar-refractivity contribution in [3.63, 3.8) is 0 Å². The number of hydrogen-bond acceptors (Lipinski definition) is 3. The summed E-state index contributed by atoms with van der Waals surface area (Å²) >= 11 is 0. The number of rotatable bonds is 8. The quantitative estimate of drug-likeness (QED) is 0.153. The molecule has 4 nitrogen and oxygen atoms in total. The number of benzene rings is 6. The van der Waals surface area contributed by atoms with Gasteiger partial charge in [0.05, 0.1) is 35.1 Å². The molecule has 326 valence electrons. The molecule has 4 heteroatoms. The molecule has 0 spiro atoms. The van der Waals surface area contributed by atoms with Crippen LogP contribution in [0.15, 0.2) is 134 Å². The van der Waals surface area contributed by atoms with E-state index in [2.05, 4.69) is 208 Å². The van der Waals surface area contributed by atoms with Crippen LogP contribution in [0, 0.1) is 13.8 Å². The molecular formula is C60H65N3O. The van der Waals surface area contributed by atoms with Gasteiger partial charge in [0.1, 0.15) is 11.6 Å². The fraction of sp³-hybridized carbons (Fsp3) is 0.300. The third-order valence-corrected chi connectivity index (χ3v) is 12.7. The van der Waals surface area contributed by atoms with Gasteiger partial charge >= 0.3 is 0 Å². The summed E-state index contributed by atoms with van der Waals surface area (Å²) in [6.07, 6.45) is 1.91. The Morgan fingerprint density at radius 3 is 1.84 bits per heavy atom. The zero-order chi connectivity index (χ0) is 46.8. The number of aromatic nitrogens is 3. The minimum absolute atomic E-state index is 0.0385. The van der Waals surface area contributed by atoms with Gasteiger partial charge in [0.2, 0.25) is 0 Å². The Hall–Kier alpha value is -6.26. The highest BCUT2D eigenvalue weighted by Gasteiger charge is 2.26. The van der Waals surface area contributed by atoms with Gasteiger partial charge < -0.3 is 4.74 Å². The number of methoxy groups -OCH3 is 1. The summed E-state index contributed by atoms with van der Waals surface area (Å²) in [4.78, 5) is 10.7. The van der Waals surface area contributed by atoms with E-state index in [9.17, 15) is 0 Å². The van der Waals surface area contributed by atoms with Gasteiger partial charge in [-0.2, -0.15) is 0 Å². The molecule has 0 N–H and O–H groups in total. The highest BCUT2D eigenvalue weighted by molar-refractivity contribution is 5.98. The lowest BCUT2D eigenvalue weighted by Crippen LogP contribution is -2.13. The average molecular weight is 845 g/mol. The largest absolute Gasteiger partial charge is 0.496 e. The molecule has 0 fully saturated rings. The number of para-hydroxylation sites is 1. The maximum absolute atomic E-state index is 8.52. The molecule has 0 saturated carbocycles. The summed E-state index contributed by atoms with van der Waals surface area (Å²) in [5.74, 6) is 0.988. The van der Waals surface area contributed by atoms with Crippen molar-refractivity contribution >= 4 is 11.0 Å². The van der Waals surface area contributed by atoms with Crippen LogP contribution in [0.25, 0.3) is 72.7 Å². The number of ether oxygens (including phenoxy) is 1. The summed E-state index contributed by atoms with van der Waals surface area (Å²) in [6, 6.07) is 46.6. The van der Waals surface area contributed by atoms with Gasteiger partial charge in [0.15, 0.2) is 0 Å². The van der Waals surface area contributed by atoms with Crippen LogP contribution in [0.4, 0.5) is 0 Å². The molecule has 8 aromatic rings. The second-order valence-electron chi connectivity index (χ2n) is 21.0. The van der Waals surface area contributed by atoms with E-state index < -0.39 is 5.89 Å². The number of fused-ring (bicyclic) bond motifs is 1. The van der Waals surface area contributed by atoms with Gasteiger partial charge in [-0.05, 0) is 134 Å². The second-order valence-corrected chi connectivity index (χ2v) is 21.0. The van der Waals surface area contributed by atoms with E-state index in [1.54, 1.807) is 7.11 Å². The Morgan fingerprint density at radius 2 is 1.20 bits per heavy atom. The molecule has 6 aromatic carbocycles. The summed E-state index contributed by atoms with van der Waals surface area (Å²) in [5.41, 5.74) is 19.2.